The number of hydrogen-bond acceptors (Lipinski definition) is 2. The molecule has 0 N–H and O–H groups in total. The van der Waals surface area contributed by atoms with Crippen molar-refractivity contribution in [1.82, 2.24) is 0 Å². The average molecular weight is 278 g/mol. The summed E-state index contributed by atoms with van der Waals surface area (Å²) in [6.07, 6.45) is 4.16. The Bertz CT molecular complexity index is 796. The molecule has 104 valence electrons. The molecule has 3 rings (SSSR count). The van der Waals surface area contributed by atoms with Gasteiger partial charge in [-0.1, -0.05) is 30.3 Å². The highest BCUT2D eigenvalue weighted by atomic mass is 16.5. The summed E-state index contributed by atoms with van der Waals surface area (Å²) in [5.74, 6) is -0.305. The summed E-state index contributed by atoms with van der Waals surface area (Å²) in [7, 11) is 1.40. The van der Waals surface area contributed by atoms with Crippen LogP contribution in [0.5, 0.6) is 0 Å². The van der Waals surface area contributed by atoms with Gasteiger partial charge in [0.05, 0.1) is 12.7 Å². The van der Waals surface area contributed by atoms with Crippen LogP contribution in [0.25, 0.3) is 10.8 Å². The zero-order chi connectivity index (χ0) is 14.7. The van der Waals surface area contributed by atoms with Crippen molar-refractivity contribution in [2.45, 2.75) is 6.54 Å². The normalized spacial score (nSPS) is 10.5. The van der Waals surface area contributed by atoms with Crippen molar-refractivity contribution in [1.29, 1.82) is 0 Å². The van der Waals surface area contributed by atoms with Gasteiger partial charge in [-0.05, 0) is 23.6 Å². The highest BCUT2D eigenvalue weighted by molar-refractivity contribution is 5.89. The van der Waals surface area contributed by atoms with Crippen LogP contribution >= 0.6 is 0 Å². The lowest BCUT2D eigenvalue weighted by atomic mass is 10.1. The molecule has 21 heavy (non-hydrogen) atoms. The number of carbonyl (C=O) groups is 1. The van der Waals surface area contributed by atoms with Crippen molar-refractivity contribution < 1.29 is 14.1 Å². The van der Waals surface area contributed by atoms with Gasteiger partial charge in [0.25, 0.3) is 0 Å². The van der Waals surface area contributed by atoms with Crippen LogP contribution in [-0.2, 0) is 11.3 Å². The molecule has 2 aromatic carbocycles. The summed E-state index contributed by atoms with van der Waals surface area (Å²) in [6, 6.07) is 17.9. The molecule has 0 amide bonds. The Morgan fingerprint density at radius 3 is 2.67 bits per heavy atom. The van der Waals surface area contributed by atoms with Crippen LogP contribution in [-0.4, -0.2) is 13.1 Å². The molecule has 1 aromatic heterocycles. The summed E-state index contributed by atoms with van der Waals surface area (Å²) < 4.78 is 6.86. The Labute approximate surface area is 123 Å². The van der Waals surface area contributed by atoms with Crippen LogP contribution in [0.15, 0.2) is 67.0 Å². The van der Waals surface area contributed by atoms with Crippen LogP contribution in [0, 0.1) is 0 Å². The van der Waals surface area contributed by atoms with E-state index in [2.05, 4.69) is 29.0 Å². The molecule has 0 spiro atoms. The number of aromatic nitrogens is 1. The molecule has 0 aliphatic rings. The third kappa shape index (κ3) is 2.92. The minimum atomic E-state index is -0.305. The summed E-state index contributed by atoms with van der Waals surface area (Å²) in [6.45, 7) is 0.718. The monoisotopic (exact) mass is 278 g/mol. The lowest BCUT2D eigenvalue weighted by Gasteiger charge is -2.03. The van der Waals surface area contributed by atoms with Crippen LogP contribution in [0.1, 0.15) is 15.9 Å². The van der Waals surface area contributed by atoms with Crippen molar-refractivity contribution in [3.63, 3.8) is 0 Å². The number of esters is 1. The average Bonchev–Trinajstić information content (AvgIpc) is 2.54. The SMILES string of the molecule is COC(=O)c1cccc(C[n+]2ccc3ccccc3c2)c1. The number of nitrogens with zero attached hydrogens (tertiary/aromatic N) is 1. The third-order valence-corrected chi connectivity index (χ3v) is 3.46. The fourth-order valence-corrected chi connectivity index (χ4v) is 2.40. The molecule has 3 aromatic rings. The van der Waals surface area contributed by atoms with E-state index in [0.717, 1.165) is 12.1 Å². The molecule has 0 unspecified atom stereocenters. The van der Waals surface area contributed by atoms with Gasteiger partial charge >= 0.3 is 5.97 Å². The van der Waals surface area contributed by atoms with Gasteiger partial charge in [0.15, 0.2) is 18.9 Å². The van der Waals surface area contributed by atoms with Crippen molar-refractivity contribution in [2.75, 3.05) is 7.11 Å². The second-order valence-electron chi connectivity index (χ2n) is 4.94. The van der Waals surface area contributed by atoms with Crippen LogP contribution in [0.2, 0.25) is 0 Å². The maximum absolute atomic E-state index is 11.6. The van der Waals surface area contributed by atoms with E-state index in [1.165, 1.54) is 17.9 Å². The Hall–Kier alpha value is -2.68. The predicted octanol–water partition coefficient (Wildman–Crippen LogP) is 2.96. The highest BCUT2D eigenvalue weighted by Crippen LogP contribution is 2.11. The number of hydrogen-bond donors (Lipinski definition) is 0. The van der Waals surface area contributed by atoms with Gasteiger partial charge in [-0.25, -0.2) is 9.36 Å². The summed E-state index contributed by atoms with van der Waals surface area (Å²) in [4.78, 5) is 11.6. The van der Waals surface area contributed by atoms with E-state index in [4.69, 9.17) is 4.74 Å². The Kier molecular flexibility index (Phi) is 3.65. The largest absolute Gasteiger partial charge is 0.465 e. The molecule has 0 bridgehead atoms. The van der Waals surface area contributed by atoms with Crippen LogP contribution < -0.4 is 4.57 Å². The minimum Gasteiger partial charge on any atom is -0.465 e. The van der Waals surface area contributed by atoms with Gasteiger partial charge in [0.1, 0.15) is 0 Å². The molecular weight excluding hydrogens is 262 g/mol. The van der Waals surface area contributed by atoms with Crippen molar-refractivity contribution in [3.8, 4) is 0 Å². The van der Waals surface area contributed by atoms with Gasteiger partial charge in [-0.15, -0.1) is 0 Å². The first-order valence-corrected chi connectivity index (χ1v) is 6.81. The standard InChI is InChI=1S/C18H16NO2/c1-21-18(20)16-8-4-5-14(11-16)12-19-10-9-15-6-2-3-7-17(15)13-19/h2-11,13H,12H2,1H3/q+1. The van der Waals surface area contributed by atoms with E-state index in [9.17, 15) is 4.79 Å². The Morgan fingerprint density at radius 1 is 1.05 bits per heavy atom. The zero-order valence-electron chi connectivity index (χ0n) is 11.8. The predicted molar refractivity (Wildman–Crippen MR) is 81.0 cm³/mol. The highest BCUT2D eigenvalue weighted by Gasteiger charge is 2.09. The molecule has 0 radical (unpaired) electrons. The number of carbonyl (C=O) groups excluding carboxylic acids is 1. The van der Waals surface area contributed by atoms with Gasteiger partial charge in [-0.2, -0.15) is 0 Å². The van der Waals surface area contributed by atoms with Crippen LogP contribution in [0.4, 0.5) is 0 Å². The number of rotatable bonds is 3. The first-order chi connectivity index (χ1) is 10.3. The number of pyridine rings is 1. The van der Waals surface area contributed by atoms with E-state index >= 15 is 0 Å². The Morgan fingerprint density at radius 2 is 1.86 bits per heavy atom. The van der Waals surface area contributed by atoms with E-state index in [0.29, 0.717) is 5.56 Å². The molecule has 0 aliphatic heterocycles. The fourth-order valence-electron chi connectivity index (χ4n) is 2.40. The van der Waals surface area contributed by atoms with Gasteiger partial charge in [-0.3, -0.25) is 0 Å². The van der Waals surface area contributed by atoms with Gasteiger partial charge in [0, 0.05) is 17.0 Å². The summed E-state index contributed by atoms with van der Waals surface area (Å²) in [5.41, 5.74) is 1.65. The van der Waals surface area contributed by atoms with Gasteiger partial charge in [0.2, 0.25) is 0 Å². The topological polar surface area (TPSA) is 30.2 Å². The first kappa shape index (κ1) is 13.3. The van der Waals surface area contributed by atoms with Crippen molar-refractivity contribution in [2.24, 2.45) is 0 Å². The van der Waals surface area contributed by atoms with Crippen molar-refractivity contribution in [3.05, 3.63) is 78.1 Å². The Balaban J connectivity index is 1.89. The smallest absolute Gasteiger partial charge is 0.337 e. The van der Waals surface area contributed by atoms with Crippen LogP contribution in [0.3, 0.4) is 0 Å². The maximum atomic E-state index is 11.6. The van der Waals surface area contributed by atoms with E-state index in [-0.39, 0.29) is 5.97 Å². The first-order valence-electron chi connectivity index (χ1n) is 6.81. The zero-order valence-corrected chi connectivity index (χ0v) is 11.8. The summed E-state index contributed by atoms with van der Waals surface area (Å²) in [5, 5.41) is 2.42. The number of benzene rings is 2. The van der Waals surface area contributed by atoms with Crippen molar-refractivity contribution >= 4 is 16.7 Å². The number of fused-ring (bicyclic) bond motifs is 1. The molecule has 3 nitrogen and oxygen atoms in total. The molecule has 0 fully saturated rings. The number of methoxy groups -OCH3 is 1. The molecule has 0 atom stereocenters. The second-order valence-corrected chi connectivity index (χ2v) is 4.94. The maximum Gasteiger partial charge on any atom is 0.337 e. The number of ether oxygens (including phenoxy) is 1. The van der Waals surface area contributed by atoms with E-state index in [1.807, 2.05) is 36.5 Å². The van der Waals surface area contributed by atoms with Gasteiger partial charge < -0.3 is 4.74 Å². The second kappa shape index (κ2) is 5.75. The lowest BCUT2D eigenvalue weighted by molar-refractivity contribution is -0.687. The quantitative estimate of drug-likeness (QED) is 0.544. The molecule has 0 aliphatic carbocycles. The lowest BCUT2D eigenvalue weighted by Crippen LogP contribution is -2.33. The molecule has 3 heteroatoms. The van der Waals surface area contributed by atoms with E-state index < -0.39 is 0 Å². The molecular formula is C18H16NO2+. The molecule has 0 saturated heterocycles. The minimum absolute atomic E-state index is 0.305. The van der Waals surface area contributed by atoms with E-state index in [1.54, 1.807) is 6.07 Å². The summed E-state index contributed by atoms with van der Waals surface area (Å²) >= 11 is 0. The molecule has 1 heterocycles. The fraction of sp³-hybridized carbons (Fsp3) is 0.111. The third-order valence-electron chi connectivity index (χ3n) is 3.46. The molecule has 0 saturated carbocycles.